The lowest BCUT2D eigenvalue weighted by molar-refractivity contribution is -0.143. The summed E-state index contributed by atoms with van der Waals surface area (Å²) >= 11 is 0. The van der Waals surface area contributed by atoms with Gasteiger partial charge in [0.2, 0.25) is 0 Å². The summed E-state index contributed by atoms with van der Waals surface area (Å²) in [5, 5.41) is 21.1. The van der Waals surface area contributed by atoms with Gasteiger partial charge in [-0.15, -0.1) is 5.10 Å². The number of aryl methyl sites for hydroxylation is 3. The van der Waals surface area contributed by atoms with Crippen LogP contribution in [0.4, 0.5) is 32.3 Å². The first-order chi connectivity index (χ1) is 20.7. The number of alkyl halides is 6. The van der Waals surface area contributed by atoms with E-state index < -0.39 is 23.5 Å². The average molecular weight is 622 g/mol. The zero-order chi connectivity index (χ0) is 31.6. The summed E-state index contributed by atoms with van der Waals surface area (Å²) in [5.74, 6) is 0.782. The Labute approximate surface area is 249 Å². The second kappa shape index (κ2) is 10.7. The maximum absolute atomic E-state index is 13.7. The van der Waals surface area contributed by atoms with Crippen molar-refractivity contribution >= 4 is 17.0 Å². The first-order valence-corrected chi connectivity index (χ1v) is 14.5. The number of nitrogens with one attached hydrogen (secondary N) is 1. The number of nitrogens with zero attached hydrogens (tertiary/aromatic N) is 8. The van der Waals surface area contributed by atoms with Gasteiger partial charge in [-0.05, 0) is 73.3 Å². The van der Waals surface area contributed by atoms with Crippen LogP contribution < -0.4 is 10.2 Å². The maximum Gasteiger partial charge on any atom is 0.416 e. The minimum atomic E-state index is -4.96. The summed E-state index contributed by atoms with van der Waals surface area (Å²) in [7, 11) is 5.30. The second-order valence-electron chi connectivity index (χ2n) is 12.1. The fourth-order valence-corrected chi connectivity index (χ4v) is 6.44. The van der Waals surface area contributed by atoms with Crippen LogP contribution in [-0.2, 0) is 39.5 Å². The van der Waals surface area contributed by atoms with Crippen molar-refractivity contribution in [1.82, 2.24) is 40.3 Å². The molecule has 3 heterocycles. The molecule has 0 aliphatic heterocycles. The fourth-order valence-electron chi connectivity index (χ4n) is 6.44. The van der Waals surface area contributed by atoms with Crippen molar-refractivity contribution in [2.75, 3.05) is 11.9 Å². The van der Waals surface area contributed by atoms with E-state index in [1.807, 2.05) is 27.1 Å². The number of rotatable bonds is 9. The molecule has 0 radical (unpaired) electrons. The Morgan fingerprint density at radius 1 is 0.977 bits per heavy atom. The molecule has 236 valence electrons. The minimum absolute atomic E-state index is 0.0672. The van der Waals surface area contributed by atoms with Gasteiger partial charge in [-0.25, -0.2) is 4.98 Å². The number of fused-ring (bicyclic) bond motifs is 1. The summed E-state index contributed by atoms with van der Waals surface area (Å²) in [6.07, 6.45) is -4.43. The van der Waals surface area contributed by atoms with Crippen LogP contribution in [0.1, 0.15) is 71.7 Å². The third kappa shape index (κ3) is 5.73. The molecule has 0 saturated heterocycles. The standard InChI is InChI=1S/C29H33F6N9/c1-16-22-10-19(24(37-25(22)42(3)39-16)23-13-27(23,36-2)12-17-6-5-7-17)15-44(26-38-41-43(4)40-26)14-18-8-20(28(30,31)32)11-21(9-18)29(33,34)35/h8-11,17,23,36H,5-7,12-15H2,1-4H3. The molecule has 2 atom stereocenters. The normalized spacial score (nSPS) is 20.7. The summed E-state index contributed by atoms with van der Waals surface area (Å²) in [4.78, 5) is 7.81. The summed E-state index contributed by atoms with van der Waals surface area (Å²) in [6.45, 7) is 1.62. The molecular formula is C29H33F6N9. The van der Waals surface area contributed by atoms with E-state index in [9.17, 15) is 26.3 Å². The van der Waals surface area contributed by atoms with Crippen molar-refractivity contribution in [1.29, 1.82) is 0 Å². The molecular weight excluding hydrogens is 588 g/mol. The largest absolute Gasteiger partial charge is 0.416 e. The Morgan fingerprint density at radius 2 is 1.66 bits per heavy atom. The molecule has 1 N–H and O–H groups in total. The van der Waals surface area contributed by atoms with E-state index in [2.05, 4.69) is 25.8 Å². The predicted octanol–water partition coefficient (Wildman–Crippen LogP) is 5.68. The van der Waals surface area contributed by atoms with Gasteiger partial charge in [-0.1, -0.05) is 24.4 Å². The maximum atomic E-state index is 13.7. The molecule has 2 saturated carbocycles. The summed E-state index contributed by atoms with van der Waals surface area (Å²) < 4.78 is 83.7. The number of hydrogen-bond donors (Lipinski definition) is 1. The van der Waals surface area contributed by atoms with Gasteiger partial charge in [0.15, 0.2) is 5.65 Å². The molecule has 6 rings (SSSR count). The van der Waals surface area contributed by atoms with Gasteiger partial charge in [0.05, 0.1) is 29.6 Å². The molecule has 44 heavy (non-hydrogen) atoms. The minimum Gasteiger partial charge on any atom is -0.329 e. The van der Waals surface area contributed by atoms with E-state index in [0.29, 0.717) is 11.6 Å². The summed E-state index contributed by atoms with van der Waals surface area (Å²) in [6, 6.07) is 3.57. The highest BCUT2D eigenvalue weighted by molar-refractivity contribution is 5.79. The molecule has 1 aromatic carbocycles. The van der Waals surface area contributed by atoms with E-state index in [1.165, 1.54) is 36.0 Å². The van der Waals surface area contributed by atoms with Crippen molar-refractivity contribution < 1.29 is 26.3 Å². The molecule has 9 nitrogen and oxygen atoms in total. The third-order valence-electron chi connectivity index (χ3n) is 9.05. The monoisotopic (exact) mass is 621 g/mol. The van der Waals surface area contributed by atoms with E-state index in [4.69, 9.17) is 4.98 Å². The quantitative estimate of drug-likeness (QED) is 0.241. The van der Waals surface area contributed by atoms with Crippen LogP contribution >= 0.6 is 0 Å². The summed E-state index contributed by atoms with van der Waals surface area (Å²) in [5.41, 5.74) is -0.0131. The van der Waals surface area contributed by atoms with Crippen molar-refractivity contribution in [2.24, 2.45) is 20.0 Å². The molecule has 2 aliphatic rings. The van der Waals surface area contributed by atoms with Crippen molar-refractivity contribution in [3.63, 3.8) is 0 Å². The molecule has 0 bridgehead atoms. The molecule has 0 amide bonds. The van der Waals surface area contributed by atoms with E-state index in [0.717, 1.165) is 47.3 Å². The van der Waals surface area contributed by atoms with Gasteiger partial charge in [-0.2, -0.15) is 36.2 Å². The van der Waals surface area contributed by atoms with Crippen LogP contribution in [0.2, 0.25) is 0 Å². The Morgan fingerprint density at radius 3 is 2.20 bits per heavy atom. The van der Waals surface area contributed by atoms with Crippen LogP contribution in [0.15, 0.2) is 24.3 Å². The third-order valence-corrected chi connectivity index (χ3v) is 9.05. The number of pyridine rings is 1. The molecule has 15 heteroatoms. The number of halogens is 6. The number of likely N-dealkylation sites (N-methyl/N-ethyl adjacent to an activating group) is 1. The Hall–Kier alpha value is -3.75. The van der Waals surface area contributed by atoms with Gasteiger partial charge in [-0.3, -0.25) is 4.68 Å². The Bertz CT molecular complexity index is 1650. The molecule has 2 fully saturated rings. The van der Waals surface area contributed by atoms with Gasteiger partial charge < -0.3 is 10.2 Å². The van der Waals surface area contributed by atoms with Crippen molar-refractivity contribution in [3.05, 3.63) is 57.9 Å². The predicted molar refractivity (Wildman–Crippen MR) is 149 cm³/mol. The highest BCUT2D eigenvalue weighted by Crippen LogP contribution is 2.57. The molecule has 3 aromatic heterocycles. The van der Waals surface area contributed by atoms with E-state index >= 15 is 0 Å². The second-order valence-corrected chi connectivity index (χ2v) is 12.1. The van der Waals surface area contributed by atoms with Crippen LogP contribution in [0.3, 0.4) is 0 Å². The number of anilines is 1. The van der Waals surface area contributed by atoms with Crippen molar-refractivity contribution in [2.45, 2.75) is 75.9 Å². The first kappa shape index (κ1) is 30.3. The Balaban J connectivity index is 1.42. The number of hydrogen-bond acceptors (Lipinski definition) is 7. The van der Waals surface area contributed by atoms with Crippen LogP contribution in [-0.4, -0.2) is 47.6 Å². The number of aromatic nitrogens is 7. The molecule has 2 aliphatic carbocycles. The van der Waals surface area contributed by atoms with Crippen LogP contribution in [0, 0.1) is 12.8 Å². The number of tetrazole rings is 1. The van der Waals surface area contributed by atoms with Crippen LogP contribution in [0.5, 0.6) is 0 Å². The zero-order valence-electron chi connectivity index (χ0n) is 24.8. The highest BCUT2D eigenvalue weighted by Gasteiger charge is 2.56. The highest BCUT2D eigenvalue weighted by atomic mass is 19.4. The average Bonchev–Trinajstić information content (AvgIpc) is 3.36. The SMILES string of the molecule is CNC1(CC2CCC2)CC1c1nc2c(cc1CN(Cc1cc(C(F)(F)F)cc(C(F)(F)F)c1)c1nnn(C)n1)c(C)nn2C. The van der Waals surface area contributed by atoms with Gasteiger partial charge in [0.25, 0.3) is 5.95 Å². The van der Waals surface area contributed by atoms with Gasteiger partial charge >= 0.3 is 12.4 Å². The smallest absolute Gasteiger partial charge is 0.329 e. The van der Waals surface area contributed by atoms with Gasteiger partial charge in [0, 0.05) is 37.0 Å². The van der Waals surface area contributed by atoms with Crippen LogP contribution in [0.25, 0.3) is 11.0 Å². The van der Waals surface area contributed by atoms with Gasteiger partial charge in [0.1, 0.15) is 0 Å². The van der Waals surface area contributed by atoms with E-state index in [-0.39, 0.29) is 42.1 Å². The van der Waals surface area contributed by atoms with E-state index in [1.54, 1.807) is 4.68 Å². The molecule has 0 spiro atoms. The molecule has 4 aromatic rings. The lowest BCUT2D eigenvalue weighted by Gasteiger charge is -2.30. The lowest BCUT2D eigenvalue weighted by Crippen LogP contribution is -2.34. The lowest BCUT2D eigenvalue weighted by atomic mass is 9.79. The Kier molecular flexibility index (Phi) is 7.37. The molecule has 2 unspecified atom stereocenters. The number of benzene rings is 1. The fraction of sp³-hybridized carbons (Fsp3) is 0.552. The first-order valence-electron chi connectivity index (χ1n) is 14.5. The van der Waals surface area contributed by atoms with Crippen molar-refractivity contribution in [3.8, 4) is 0 Å². The zero-order valence-corrected chi connectivity index (χ0v) is 24.8. The topological polar surface area (TPSA) is 89.6 Å².